The maximum Gasteiger partial charge on any atom is 0.232 e. The minimum Gasteiger partial charge on any atom is -0.508 e. The number of sulfonamides is 1. The zero-order chi connectivity index (χ0) is 11.1. The number of fused-ring (bicyclic) bond motifs is 1. The fourth-order valence-corrected chi connectivity index (χ4v) is 2.89. The molecule has 1 aliphatic rings. The molecule has 0 radical (unpaired) electrons. The highest BCUT2D eigenvalue weighted by molar-refractivity contribution is 7.92. The Morgan fingerprint density at radius 3 is 2.80 bits per heavy atom. The van der Waals surface area contributed by atoms with E-state index in [0.29, 0.717) is 12.2 Å². The number of anilines is 1. The number of aryl methyl sites for hydroxylation is 1. The van der Waals surface area contributed by atoms with Gasteiger partial charge in [-0.3, -0.25) is 4.31 Å². The van der Waals surface area contributed by atoms with Crippen molar-refractivity contribution in [1.82, 2.24) is 0 Å². The minimum absolute atomic E-state index is 0.184. The van der Waals surface area contributed by atoms with Crippen LogP contribution in [0.4, 0.5) is 5.69 Å². The topological polar surface area (TPSA) is 57.6 Å². The normalized spacial score (nSPS) is 16.2. The van der Waals surface area contributed by atoms with E-state index in [1.807, 2.05) is 0 Å². The van der Waals surface area contributed by atoms with Crippen LogP contribution in [0.3, 0.4) is 0 Å². The van der Waals surface area contributed by atoms with Gasteiger partial charge in [-0.1, -0.05) is 0 Å². The molecule has 1 heterocycles. The van der Waals surface area contributed by atoms with Gasteiger partial charge in [-0.25, -0.2) is 8.42 Å². The standard InChI is InChI=1S/C10H13NO3S/c1-15(13,14)11-6-2-3-8-7-9(12)4-5-10(8)11/h4-5,7,12H,2-3,6H2,1H3. The van der Waals surface area contributed by atoms with E-state index in [1.54, 1.807) is 12.1 Å². The van der Waals surface area contributed by atoms with Crippen LogP contribution < -0.4 is 4.31 Å². The Bertz CT molecular complexity index is 481. The zero-order valence-corrected chi connectivity index (χ0v) is 9.29. The highest BCUT2D eigenvalue weighted by Gasteiger charge is 2.23. The highest BCUT2D eigenvalue weighted by atomic mass is 32.2. The molecule has 0 spiro atoms. The van der Waals surface area contributed by atoms with Crippen molar-refractivity contribution in [3.8, 4) is 5.75 Å². The van der Waals surface area contributed by atoms with Crippen molar-refractivity contribution in [3.63, 3.8) is 0 Å². The molecular weight excluding hydrogens is 214 g/mol. The number of nitrogens with zero attached hydrogens (tertiary/aromatic N) is 1. The lowest BCUT2D eigenvalue weighted by atomic mass is 10.0. The summed E-state index contributed by atoms with van der Waals surface area (Å²) in [7, 11) is -3.20. The molecule has 0 bridgehead atoms. The molecule has 2 rings (SSSR count). The summed E-state index contributed by atoms with van der Waals surface area (Å²) in [5, 5.41) is 9.31. The fourth-order valence-electron chi connectivity index (χ4n) is 1.89. The molecule has 0 atom stereocenters. The van der Waals surface area contributed by atoms with E-state index < -0.39 is 10.0 Å². The van der Waals surface area contributed by atoms with E-state index in [0.717, 1.165) is 18.4 Å². The molecule has 82 valence electrons. The van der Waals surface area contributed by atoms with Crippen molar-refractivity contribution in [2.45, 2.75) is 12.8 Å². The molecule has 0 unspecified atom stereocenters. The van der Waals surface area contributed by atoms with Crippen LogP contribution in [0.5, 0.6) is 5.75 Å². The zero-order valence-electron chi connectivity index (χ0n) is 8.47. The van der Waals surface area contributed by atoms with E-state index in [4.69, 9.17) is 0 Å². The lowest BCUT2D eigenvalue weighted by molar-refractivity contribution is 0.474. The van der Waals surface area contributed by atoms with Crippen LogP contribution in [0.1, 0.15) is 12.0 Å². The van der Waals surface area contributed by atoms with Gasteiger partial charge in [0, 0.05) is 6.54 Å². The average Bonchev–Trinajstić information content (AvgIpc) is 2.15. The molecule has 0 saturated heterocycles. The first-order valence-corrected chi connectivity index (χ1v) is 6.63. The van der Waals surface area contributed by atoms with E-state index in [9.17, 15) is 13.5 Å². The van der Waals surface area contributed by atoms with Crippen LogP contribution in [-0.2, 0) is 16.4 Å². The lowest BCUT2D eigenvalue weighted by Gasteiger charge is -2.29. The second kappa shape index (κ2) is 3.41. The van der Waals surface area contributed by atoms with E-state index in [-0.39, 0.29) is 5.75 Å². The molecule has 5 heteroatoms. The Balaban J connectivity index is 2.52. The number of aromatic hydroxyl groups is 1. The van der Waals surface area contributed by atoms with Gasteiger partial charge in [0.1, 0.15) is 5.75 Å². The van der Waals surface area contributed by atoms with Crippen LogP contribution in [0.15, 0.2) is 18.2 Å². The average molecular weight is 227 g/mol. The SMILES string of the molecule is CS(=O)(=O)N1CCCc2cc(O)ccc21. The van der Waals surface area contributed by atoms with E-state index in [1.165, 1.54) is 16.6 Å². The quantitative estimate of drug-likeness (QED) is 0.781. The van der Waals surface area contributed by atoms with Crippen molar-refractivity contribution < 1.29 is 13.5 Å². The first-order valence-electron chi connectivity index (χ1n) is 4.78. The molecule has 0 amide bonds. The van der Waals surface area contributed by atoms with Crippen LogP contribution in [0.2, 0.25) is 0 Å². The predicted molar refractivity (Wildman–Crippen MR) is 58.6 cm³/mol. The van der Waals surface area contributed by atoms with Gasteiger partial charge in [0.2, 0.25) is 10.0 Å². The number of phenols is 1. The molecule has 4 nitrogen and oxygen atoms in total. The summed E-state index contributed by atoms with van der Waals surface area (Å²) < 4.78 is 24.4. The molecule has 0 aromatic heterocycles. The summed E-state index contributed by atoms with van der Waals surface area (Å²) in [6, 6.07) is 4.81. The third-order valence-electron chi connectivity index (χ3n) is 2.54. The van der Waals surface area contributed by atoms with Crippen molar-refractivity contribution >= 4 is 15.7 Å². The maximum atomic E-state index is 11.5. The van der Waals surface area contributed by atoms with Crippen LogP contribution in [0, 0.1) is 0 Å². The Labute approximate surface area is 89.2 Å². The third kappa shape index (κ3) is 1.92. The Morgan fingerprint density at radius 2 is 2.13 bits per heavy atom. The summed E-state index contributed by atoms with van der Waals surface area (Å²) in [4.78, 5) is 0. The molecule has 1 aromatic rings. The first-order chi connectivity index (χ1) is 6.98. The first kappa shape index (κ1) is 10.3. The molecular formula is C10H13NO3S. The van der Waals surface area contributed by atoms with Gasteiger partial charge >= 0.3 is 0 Å². The Morgan fingerprint density at radius 1 is 1.40 bits per heavy atom. The molecule has 15 heavy (non-hydrogen) atoms. The van der Waals surface area contributed by atoms with Crippen molar-refractivity contribution in [2.75, 3.05) is 17.1 Å². The summed E-state index contributed by atoms with van der Waals surface area (Å²) in [5.41, 5.74) is 1.59. The van der Waals surface area contributed by atoms with Crippen molar-refractivity contribution in [1.29, 1.82) is 0 Å². The van der Waals surface area contributed by atoms with Crippen LogP contribution in [0.25, 0.3) is 0 Å². The molecule has 0 fully saturated rings. The number of hydrogen-bond acceptors (Lipinski definition) is 3. The molecule has 1 N–H and O–H groups in total. The van der Waals surface area contributed by atoms with Gasteiger partial charge in [0.15, 0.2) is 0 Å². The summed E-state index contributed by atoms with van der Waals surface area (Å²) in [6.07, 6.45) is 2.81. The molecule has 0 aliphatic carbocycles. The summed E-state index contributed by atoms with van der Waals surface area (Å²) >= 11 is 0. The van der Waals surface area contributed by atoms with Crippen LogP contribution in [-0.4, -0.2) is 26.3 Å². The highest BCUT2D eigenvalue weighted by Crippen LogP contribution is 2.31. The second-order valence-corrected chi connectivity index (χ2v) is 5.66. The largest absolute Gasteiger partial charge is 0.508 e. The second-order valence-electron chi connectivity index (χ2n) is 3.75. The lowest BCUT2D eigenvalue weighted by Crippen LogP contribution is -2.34. The van der Waals surface area contributed by atoms with Gasteiger partial charge in [-0.2, -0.15) is 0 Å². The fraction of sp³-hybridized carbons (Fsp3) is 0.400. The monoisotopic (exact) mass is 227 g/mol. The number of phenolic OH excluding ortho intramolecular Hbond substituents is 1. The number of benzene rings is 1. The van der Waals surface area contributed by atoms with E-state index >= 15 is 0 Å². The van der Waals surface area contributed by atoms with Gasteiger partial charge in [0.25, 0.3) is 0 Å². The Hall–Kier alpha value is -1.23. The summed E-state index contributed by atoms with van der Waals surface area (Å²) in [6.45, 7) is 0.524. The van der Waals surface area contributed by atoms with Crippen molar-refractivity contribution in [3.05, 3.63) is 23.8 Å². The van der Waals surface area contributed by atoms with Gasteiger partial charge in [-0.15, -0.1) is 0 Å². The van der Waals surface area contributed by atoms with Gasteiger partial charge < -0.3 is 5.11 Å². The predicted octanol–water partition coefficient (Wildman–Crippen LogP) is 1.10. The van der Waals surface area contributed by atoms with Gasteiger partial charge in [-0.05, 0) is 36.6 Å². The third-order valence-corrected chi connectivity index (χ3v) is 3.72. The summed E-state index contributed by atoms with van der Waals surface area (Å²) in [5.74, 6) is 0.184. The Kier molecular flexibility index (Phi) is 2.34. The molecule has 0 saturated carbocycles. The molecule has 1 aliphatic heterocycles. The number of rotatable bonds is 1. The maximum absolute atomic E-state index is 11.5. The van der Waals surface area contributed by atoms with Crippen molar-refractivity contribution in [2.24, 2.45) is 0 Å². The number of hydrogen-bond donors (Lipinski definition) is 1. The van der Waals surface area contributed by atoms with Crippen LogP contribution >= 0.6 is 0 Å². The van der Waals surface area contributed by atoms with Gasteiger partial charge in [0.05, 0.1) is 11.9 Å². The smallest absolute Gasteiger partial charge is 0.232 e. The van der Waals surface area contributed by atoms with E-state index in [2.05, 4.69) is 0 Å². The minimum atomic E-state index is -3.20. The molecule has 1 aromatic carbocycles.